The number of hydrogen-bond acceptors (Lipinski definition) is 2. The molecule has 0 heterocycles. The summed E-state index contributed by atoms with van der Waals surface area (Å²) < 4.78 is 8.01. The molecule has 0 bridgehead atoms. The Kier molecular flexibility index (Phi) is 8.03. The summed E-state index contributed by atoms with van der Waals surface area (Å²) in [6, 6.07) is 4.25. The third-order valence-electron chi connectivity index (χ3n) is 2.83. The zero-order valence-corrected chi connectivity index (χ0v) is 15.1. The Balaban J connectivity index is 2.73. The van der Waals surface area contributed by atoms with Crippen LogP contribution in [-0.2, 0) is 6.54 Å². The summed E-state index contributed by atoms with van der Waals surface area (Å²) in [7, 11) is 0. The van der Waals surface area contributed by atoms with Gasteiger partial charge in [0.05, 0.1) is 15.0 Å². The Hall–Kier alpha value is -0.0600. The Bertz CT molecular complexity index is 373. The van der Waals surface area contributed by atoms with Crippen LogP contribution in [0.15, 0.2) is 21.1 Å². The molecule has 1 aromatic carbocycles. The molecule has 0 saturated heterocycles. The zero-order valence-electron chi connectivity index (χ0n) is 11.9. The van der Waals surface area contributed by atoms with Crippen LogP contribution in [0.4, 0.5) is 0 Å². The molecule has 0 aliphatic rings. The van der Waals surface area contributed by atoms with E-state index in [-0.39, 0.29) is 6.10 Å². The van der Waals surface area contributed by atoms with Crippen molar-refractivity contribution in [3.05, 3.63) is 26.6 Å². The largest absolute Gasteiger partial charge is 0.488 e. The first-order valence-corrected chi connectivity index (χ1v) is 8.52. The second-order valence-corrected chi connectivity index (χ2v) is 6.49. The molecule has 1 atom stereocenters. The van der Waals surface area contributed by atoms with Gasteiger partial charge < -0.3 is 10.1 Å². The standard InChI is InChI=1S/C15H23Br2NO/c1-4-6-11(3)19-15-13(16)8-12(9-14(15)17)10-18-7-5-2/h8-9,11,18H,4-7,10H2,1-3H3. The van der Waals surface area contributed by atoms with Gasteiger partial charge >= 0.3 is 0 Å². The molecule has 108 valence electrons. The van der Waals surface area contributed by atoms with Crippen molar-refractivity contribution >= 4 is 31.9 Å². The predicted octanol–water partition coefficient (Wildman–Crippen LogP) is 5.28. The third-order valence-corrected chi connectivity index (χ3v) is 4.01. The van der Waals surface area contributed by atoms with Crippen LogP contribution in [0.1, 0.15) is 45.6 Å². The van der Waals surface area contributed by atoms with E-state index in [1.165, 1.54) is 5.56 Å². The Morgan fingerprint density at radius 3 is 2.32 bits per heavy atom. The van der Waals surface area contributed by atoms with Crippen molar-refractivity contribution in [2.75, 3.05) is 6.54 Å². The molecule has 1 N–H and O–H groups in total. The van der Waals surface area contributed by atoms with Crippen LogP contribution >= 0.6 is 31.9 Å². The molecule has 1 unspecified atom stereocenters. The lowest BCUT2D eigenvalue weighted by atomic mass is 10.2. The molecule has 1 aromatic rings. The lowest BCUT2D eigenvalue weighted by Gasteiger charge is -2.17. The van der Waals surface area contributed by atoms with Gasteiger partial charge in [0.1, 0.15) is 5.75 Å². The Morgan fingerprint density at radius 2 is 1.79 bits per heavy atom. The minimum Gasteiger partial charge on any atom is -0.488 e. The van der Waals surface area contributed by atoms with Crippen LogP contribution in [0.5, 0.6) is 5.75 Å². The van der Waals surface area contributed by atoms with Crippen LogP contribution in [0, 0.1) is 0 Å². The molecule has 4 heteroatoms. The molecule has 19 heavy (non-hydrogen) atoms. The SMILES string of the molecule is CCCNCc1cc(Br)c(OC(C)CCC)c(Br)c1. The number of halogens is 2. The quantitative estimate of drug-likeness (QED) is 0.607. The third kappa shape index (κ3) is 5.84. The highest BCUT2D eigenvalue weighted by molar-refractivity contribution is 9.11. The van der Waals surface area contributed by atoms with E-state index in [0.717, 1.165) is 47.0 Å². The van der Waals surface area contributed by atoms with Gasteiger partial charge in [-0.25, -0.2) is 0 Å². The van der Waals surface area contributed by atoms with Crippen LogP contribution in [0.3, 0.4) is 0 Å². The van der Waals surface area contributed by atoms with E-state index in [4.69, 9.17) is 4.74 Å². The first-order valence-electron chi connectivity index (χ1n) is 6.93. The number of rotatable bonds is 8. The molecule has 2 nitrogen and oxygen atoms in total. The van der Waals surface area contributed by atoms with Gasteiger partial charge in [-0.05, 0) is 75.9 Å². The van der Waals surface area contributed by atoms with E-state index in [1.54, 1.807) is 0 Å². The molecule has 0 saturated carbocycles. The highest BCUT2D eigenvalue weighted by atomic mass is 79.9. The van der Waals surface area contributed by atoms with E-state index in [0.29, 0.717) is 0 Å². The van der Waals surface area contributed by atoms with Gasteiger partial charge in [-0.15, -0.1) is 0 Å². The maximum atomic E-state index is 5.98. The molecular weight excluding hydrogens is 370 g/mol. The van der Waals surface area contributed by atoms with Gasteiger partial charge in [-0.2, -0.15) is 0 Å². The van der Waals surface area contributed by atoms with Gasteiger partial charge in [0.2, 0.25) is 0 Å². The van der Waals surface area contributed by atoms with E-state index in [1.807, 2.05) is 0 Å². The van der Waals surface area contributed by atoms with Crippen molar-refractivity contribution in [2.24, 2.45) is 0 Å². The summed E-state index contributed by atoms with van der Waals surface area (Å²) in [4.78, 5) is 0. The first-order chi connectivity index (χ1) is 9.08. The van der Waals surface area contributed by atoms with Gasteiger partial charge in [0.25, 0.3) is 0 Å². The molecule has 0 spiro atoms. The maximum Gasteiger partial charge on any atom is 0.148 e. The van der Waals surface area contributed by atoms with E-state index in [2.05, 4.69) is 70.1 Å². The summed E-state index contributed by atoms with van der Waals surface area (Å²) in [6.07, 6.45) is 3.59. The van der Waals surface area contributed by atoms with Gasteiger partial charge in [-0.3, -0.25) is 0 Å². The maximum absolute atomic E-state index is 5.98. The Labute approximate surface area is 133 Å². The zero-order chi connectivity index (χ0) is 14.3. The van der Waals surface area contributed by atoms with Crippen LogP contribution in [0.25, 0.3) is 0 Å². The molecule has 0 aliphatic carbocycles. The summed E-state index contributed by atoms with van der Waals surface area (Å²) in [5, 5.41) is 3.40. The second-order valence-electron chi connectivity index (χ2n) is 4.78. The lowest BCUT2D eigenvalue weighted by molar-refractivity contribution is 0.207. The van der Waals surface area contributed by atoms with Gasteiger partial charge in [-0.1, -0.05) is 20.3 Å². The number of benzene rings is 1. The molecule has 0 aliphatic heterocycles. The molecule has 0 fully saturated rings. The van der Waals surface area contributed by atoms with E-state index < -0.39 is 0 Å². The van der Waals surface area contributed by atoms with Crippen LogP contribution in [-0.4, -0.2) is 12.6 Å². The topological polar surface area (TPSA) is 21.3 Å². The first kappa shape index (κ1) is 17.0. The van der Waals surface area contributed by atoms with Gasteiger partial charge in [0, 0.05) is 6.54 Å². The van der Waals surface area contributed by atoms with Crippen LogP contribution in [0.2, 0.25) is 0 Å². The smallest absolute Gasteiger partial charge is 0.148 e. The van der Waals surface area contributed by atoms with Crippen LogP contribution < -0.4 is 10.1 Å². The summed E-state index contributed by atoms with van der Waals surface area (Å²) in [5.74, 6) is 0.903. The molecule has 1 rings (SSSR count). The fraction of sp³-hybridized carbons (Fsp3) is 0.600. The minimum atomic E-state index is 0.238. The average Bonchev–Trinajstić information content (AvgIpc) is 2.34. The summed E-state index contributed by atoms with van der Waals surface area (Å²) >= 11 is 7.21. The predicted molar refractivity (Wildman–Crippen MR) is 88.8 cm³/mol. The number of ether oxygens (including phenoxy) is 1. The van der Waals surface area contributed by atoms with Crippen molar-refractivity contribution in [3.8, 4) is 5.75 Å². The molecule has 0 amide bonds. The summed E-state index contributed by atoms with van der Waals surface area (Å²) in [6.45, 7) is 8.38. The van der Waals surface area contributed by atoms with E-state index in [9.17, 15) is 0 Å². The van der Waals surface area contributed by atoms with Crippen molar-refractivity contribution in [2.45, 2.75) is 52.7 Å². The highest BCUT2D eigenvalue weighted by Gasteiger charge is 2.12. The monoisotopic (exact) mass is 391 g/mol. The van der Waals surface area contributed by atoms with Crippen molar-refractivity contribution < 1.29 is 4.74 Å². The van der Waals surface area contributed by atoms with Crippen molar-refractivity contribution in [3.63, 3.8) is 0 Å². The Morgan fingerprint density at radius 1 is 1.16 bits per heavy atom. The number of hydrogen-bond donors (Lipinski definition) is 1. The van der Waals surface area contributed by atoms with E-state index >= 15 is 0 Å². The fourth-order valence-electron chi connectivity index (χ4n) is 1.90. The fourth-order valence-corrected chi connectivity index (χ4v) is 3.37. The lowest BCUT2D eigenvalue weighted by Crippen LogP contribution is -2.14. The normalized spacial score (nSPS) is 12.5. The average molecular weight is 393 g/mol. The number of nitrogens with one attached hydrogen (secondary N) is 1. The van der Waals surface area contributed by atoms with Gasteiger partial charge in [0.15, 0.2) is 0 Å². The highest BCUT2D eigenvalue weighted by Crippen LogP contribution is 2.35. The van der Waals surface area contributed by atoms with Crippen molar-refractivity contribution in [1.29, 1.82) is 0 Å². The summed E-state index contributed by atoms with van der Waals surface area (Å²) in [5.41, 5.74) is 1.25. The molecule has 0 aromatic heterocycles. The minimum absolute atomic E-state index is 0.238. The second kappa shape index (κ2) is 8.98. The van der Waals surface area contributed by atoms with Crippen molar-refractivity contribution in [1.82, 2.24) is 5.32 Å². The molecule has 0 radical (unpaired) electrons. The molecular formula is C15H23Br2NO.